The average molecular weight is 340 g/mol. The van der Waals surface area contributed by atoms with Crippen molar-refractivity contribution in [3.05, 3.63) is 47.3 Å². The van der Waals surface area contributed by atoms with Crippen LogP contribution in [0.5, 0.6) is 5.75 Å². The number of benzene rings is 1. The summed E-state index contributed by atoms with van der Waals surface area (Å²) in [7, 11) is -2.05. The number of ether oxygens (including phenoxy) is 1. The molecule has 2 aromatic rings. The maximum Gasteiger partial charge on any atom is 0.250 e. The monoisotopic (exact) mass is 340 g/mol. The van der Waals surface area contributed by atoms with Crippen LogP contribution >= 0.6 is 11.3 Å². The number of rotatable bonds is 7. The molecule has 0 radical (unpaired) electrons. The van der Waals surface area contributed by atoms with Crippen LogP contribution in [0.15, 0.2) is 46.0 Å². The van der Waals surface area contributed by atoms with Crippen LogP contribution in [0.3, 0.4) is 0 Å². The zero-order valence-electron chi connectivity index (χ0n) is 11.9. The van der Waals surface area contributed by atoms with E-state index < -0.39 is 15.9 Å². The van der Waals surface area contributed by atoms with Gasteiger partial charge in [0.2, 0.25) is 5.91 Å². The highest BCUT2D eigenvalue weighted by atomic mass is 32.2. The van der Waals surface area contributed by atoms with Gasteiger partial charge >= 0.3 is 0 Å². The highest BCUT2D eigenvalue weighted by molar-refractivity contribution is 7.91. The average Bonchev–Trinajstić information content (AvgIpc) is 3.06. The van der Waals surface area contributed by atoms with Gasteiger partial charge < -0.3 is 10.1 Å². The van der Waals surface area contributed by atoms with Crippen LogP contribution < -0.4 is 14.8 Å². The summed E-state index contributed by atoms with van der Waals surface area (Å²) in [5.74, 6) is 0.299. The molecule has 0 saturated carbocycles. The maximum absolute atomic E-state index is 11.9. The van der Waals surface area contributed by atoms with Gasteiger partial charge in [0.15, 0.2) is 0 Å². The summed E-state index contributed by atoms with van der Waals surface area (Å²) in [6.07, 6.45) is 0. The molecule has 1 aromatic heterocycles. The minimum atomic E-state index is -3.62. The largest absolute Gasteiger partial charge is 0.497 e. The number of nitrogens with one attached hydrogen (secondary N) is 2. The molecular weight excluding hydrogens is 324 g/mol. The Balaban J connectivity index is 1.83. The fourth-order valence-electron chi connectivity index (χ4n) is 1.69. The molecule has 2 N–H and O–H groups in total. The molecule has 0 spiro atoms. The second kappa shape index (κ2) is 7.39. The summed E-state index contributed by atoms with van der Waals surface area (Å²) in [5.41, 5.74) is 0.869. The molecule has 1 aromatic carbocycles. The van der Waals surface area contributed by atoms with E-state index in [1.165, 1.54) is 6.07 Å². The third kappa shape index (κ3) is 4.55. The molecule has 2 rings (SSSR count). The summed E-state index contributed by atoms with van der Waals surface area (Å²) >= 11 is 1.10. The van der Waals surface area contributed by atoms with Crippen LogP contribution in [0.25, 0.3) is 0 Å². The van der Waals surface area contributed by atoms with Gasteiger partial charge in [0.1, 0.15) is 9.96 Å². The van der Waals surface area contributed by atoms with Crippen LogP contribution in [0.1, 0.15) is 5.56 Å². The Morgan fingerprint density at radius 1 is 1.27 bits per heavy atom. The molecule has 0 fully saturated rings. The lowest BCUT2D eigenvalue weighted by atomic mass is 10.2. The molecule has 6 nitrogen and oxygen atoms in total. The van der Waals surface area contributed by atoms with Crippen molar-refractivity contribution in [1.82, 2.24) is 10.0 Å². The number of hydrogen-bond acceptors (Lipinski definition) is 5. The van der Waals surface area contributed by atoms with E-state index in [0.717, 1.165) is 16.9 Å². The van der Waals surface area contributed by atoms with Crippen molar-refractivity contribution in [1.29, 1.82) is 0 Å². The molecule has 0 bridgehead atoms. The first kappa shape index (κ1) is 16.5. The highest BCUT2D eigenvalue weighted by Gasteiger charge is 2.16. The van der Waals surface area contributed by atoms with E-state index in [-0.39, 0.29) is 10.8 Å². The Kier molecular flexibility index (Phi) is 5.53. The zero-order valence-corrected chi connectivity index (χ0v) is 13.5. The predicted molar refractivity (Wildman–Crippen MR) is 84.3 cm³/mol. The normalized spacial score (nSPS) is 11.1. The molecule has 1 heterocycles. The second-order valence-electron chi connectivity index (χ2n) is 4.38. The van der Waals surface area contributed by atoms with Gasteiger partial charge in [0.05, 0.1) is 13.7 Å². The molecule has 0 aliphatic carbocycles. The van der Waals surface area contributed by atoms with E-state index in [2.05, 4.69) is 10.0 Å². The predicted octanol–water partition coefficient (Wildman–Crippen LogP) is 1.35. The Morgan fingerprint density at radius 3 is 2.77 bits per heavy atom. The topological polar surface area (TPSA) is 84.5 Å². The van der Waals surface area contributed by atoms with E-state index in [4.69, 9.17) is 4.74 Å². The number of hydrogen-bond donors (Lipinski definition) is 2. The van der Waals surface area contributed by atoms with Crippen LogP contribution in [-0.2, 0) is 21.4 Å². The summed E-state index contributed by atoms with van der Waals surface area (Å²) in [4.78, 5) is 11.7. The molecule has 1 amide bonds. The number of carbonyl (C=O) groups excluding carboxylic acids is 1. The van der Waals surface area contributed by atoms with E-state index in [9.17, 15) is 13.2 Å². The Labute approximate surface area is 133 Å². The third-order valence-corrected chi connectivity index (χ3v) is 5.61. The quantitative estimate of drug-likeness (QED) is 0.797. The number of carbonyl (C=O) groups is 1. The minimum Gasteiger partial charge on any atom is -0.497 e. The first-order valence-corrected chi connectivity index (χ1v) is 8.80. The van der Waals surface area contributed by atoms with Crippen molar-refractivity contribution >= 4 is 27.3 Å². The van der Waals surface area contributed by atoms with E-state index in [1.807, 2.05) is 12.1 Å². The molecule has 0 saturated heterocycles. The van der Waals surface area contributed by atoms with Crippen LogP contribution in [0, 0.1) is 0 Å². The lowest BCUT2D eigenvalue weighted by molar-refractivity contribution is -0.120. The van der Waals surface area contributed by atoms with Gasteiger partial charge in [-0.15, -0.1) is 11.3 Å². The smallest absolute Gasteiger partial charge is 0.250 e. The molecule has 22 heavy (non-hydrogen) atoms. The van der Waals surface area contributed by atoms with Crippen molar-refractivity contribution in [2.45, 2.75) is 10.8 Å². The van der Waals surface area contributed by atoms with Gasteiger partial charge in [-0.05, 0) is 29.1 Å². The van der Waals surface area contributed by atoms with Gasteiger partial charge in [-0.3, -0.25) is 4.79 Å². The second-order valence-corrected chi connectivity index (χ2v) is 7.33. The van der Waals surface area contributed by atoms with Gasteiger partial charge in [0.25, 0.3) is 10.0 Å². The fraction of sp³-hybridized carbons (Fsp3) is 0.214. The molecule has 0 atom stereocenters. The van der Waals surface area contributed by atoms with Crippen LogP contribution in [-0.4, -0.2) is 28.0 Å². The van der Waals surface area contributed by atoms with E-state index >= 15 is 0 Å². The van der Waals surface area contributed by atoms with E-state index in [1.54, 1.807) is 30.7 Å². The molecule has 0 aliphatic rings. The maximum atomic E-state index is 11.9. The lowest BCUT2D eigenvalue weighted by Crippen LogP contribution is -2.36. The van der Waals surface area contributed by atoms with Gasteiger partial charge in [-0.25, -0.2) is 13.1 Å². The molecule has 0 unspecified atom stereocenters. The van der Waals surface area contributed by atoms with Crippen LogP contribution in [0.4, 0.5) is 0 Å². The molecular formula is C14H16N2O4S2. The first-order valence-electron chi connectivity index (χ1n) is 6.44. The summed E-state index contributed by atoms with van der Waals surface area (Å²) in [6, 6.07) is 10.4. The van der Waals surface area contributed by atoms with Gasteiger partial charge in [-0.1, -0.05) is 18.2 Å². The summed E-state index contributed by atoms with van der Waals surface area (Å²) < 4.78 is 31.3. The van der Waals surface area contributed by atoms with Crippen molar-refractivity contribution in [3.8, 4) is 5.75 Å². The van der Waals surface area contributed by atoms with Crippen molar-refractivity contribution < 1.29 is 17.9 Å². The Morgan fingerprint density at radius 2 is 2.09 bits per heavy atom. The third-order valence-electron chi connectivity index (χ3n) is 2.81. The molecule has 0 aliphatic heterocycles. The standard InChI is InChI=1S/C14H16N2O4S2/c1-20-12-5-2-4-11(8-12)9-15-13(17)10-16-22(18,19)14-6-3-7-21-14/h2-8,16H,9-10H2,1H3,(H,15,17). The summed E-state index contributed by atoms with van der Waals surface area (Å²) in [6.45, 7) is 0.000957. The van der Waals surface area contributed by atoms with Gasteiger partial charge in [0, 0.05) is 6.54 Å². The fourth-order valence-corrected chi connectivity index (χ4v) is 3.71. The molecule has 8 heteroatoms. The van der Waals surface area contributed by atoms with Crippen LogP contribution in [0.2, 0.25) is 0 Å². The molecule has 118 valence electrons. The Bertz CT molecular complexity index is 727. The SMILES string of the molecule is COc1cccc(CNC(=O)CNS(=O)(=O)c2cccs2)c1. The highest BCUT2D eigenvalue weighted by Crippen LogP contribution is 2.15. The lowest BCUT2D eigenvalue weighted by Gasteiger charge is -2.08. The van der Waals surface area contributed by atoms with Gasteiger partial charge in [-0.2, -0.15) is 0 Å². The van der Waals surface area contributed by atoms with Crippen molar-refractivity contribution in [2.24, 2.45) is 0 Å². The zero-order chi connectivity index (χ0) is 16.0. The number of amides is 1. The van der Waals surface area contributed by atoms with Crippen molar-refractivity contribution in [2.75, 3.05) is 13.7 Å². The number of methoxy groups -OCH3 is 1. The van der Waals surface area contributed by atoms with E-state index in [0.29, 0.717) is 12.3 Å². The number of thiophene rings is 1. The van der Waals surface area contributed by atoms with Crippen molar-refractivity contribution in [3.63, 3.8) is 0 Å². The number of sulfonamides is 1. The Hall–Kier alpha value is -1.90. The summed E-state index contributed by atoms with van der Waals surface area (Å²) in [5, 5.41) is 4.31. The first-order chi connectivity index (χ1) is 10.5. The minimum absolute atomic E-state index is 0.188.